The maximum atomic E-state index is 11.5. The van der Waals surface area contributed by atoms with Crippen LogP contribution in [0.4, 0.5) is 5.69 Å². The third-order valence-electron chi connectivity index (χ3n) is 3.54. The highest BCUT2D eigenvalue weighted by Gasteiger charge is 2.24. The predicted molar refractivity (Wildman–Crippen MR) is 74.4 cm³/mol. The minimum Gasteiger partial charge on any atom is -0.325 e. The Morgan fingerprint density at radius 3 is 2.85 bits per heavy atom. The van der Waals surface area contributed by atoms with Crippen molar-refractivity contribution < 1.29 is 14.8 Å². The van der Waals surface area contributed by atoms with Gasteiger partial charge in [-0.15, -0.1) is 0 Å². The lowest BCUT2D eigenvalue weighted by atomic mass is 9.83. The van der Waals surface area contributed by atoms with E-state index in [1.54, 1.807) is 12.5 Å². The van der Waals surface area contributed by atoms with Crippen LogP contribution in [-0.2, 0) is 22.4 Å². The summed E-state index contributed by atoms with van der Waals surface area (Å²) in [6, 6.07) is 5.72. The van der Waals surface area contributed by atoms with E-state index in [2.05, 4.69) is 10.6 Å². The van der Waals surface area contributed by atoms with Crippen molar-refractivity contribution in [2.75, 3.05) is 18.9 Å². The molecule has 1 aliphatic rings. The number of benzene rings is 1. The van der Waals surface area contributed by atoms with Gasteiger partial charge in [-0.2, -0.15) is 0 Å². The predicted octanol–water partition coefficient (Wildman–Crippen LogP) is 0.455. The molecular formula is C14H19N3O3. The Morgan fingerprint density at radius 1 is 1.35 bits per heavy atom. The summed E-state index contributed by atoms with van der Waals surface area (Å²) in [7, 11) is 1.72. The van der Waals surface area contributed by atoms with E-state index in [9.17, 15) is 9.59 Å². The number of aryl methyl sites for hydroxylation is 1. The number of carbonyl (C=O) groups is 2. The zero-order chi connectivity index (χ0) is 14.5. The molecule has 20 heavy (non-hydrogen) atoms. The Bertz CT molecular complexity index is 516. The van der Waals surface area contributed by atoms with Crippen LogP contribution >= 0.6 is 0 Å². The summed E-state index contributed by atoms with van der Waals surface area (Å²) in [5.74, 6) is -0.597. The van der Waals surface area contributed by atoms with Gasteiger partial charge in [0.2, 0.25) is 11.8 Å². The lowest BCUT2D eigenvalue weighted by Crippen LogP contribution is -2.32. The molecule has 0 heterocycles. The number of hydrogen-bond acceptors (Lipinski definition) is 4. The summed E-state index contributed by atoms with van der Waals surface area (Å²) in [6.07, 6.45) is 2.09. The first-order valence-corrected chi connectivity index (χ1v) is 6.64. The Hall–Kier alpha value is -1.92. The average Bonchev–Trinajstić information content (AvgIpc) is 2.46. The molecule has 1 aromatic carbocycles. The van der Waals surface area contributed by atoms with Gasteiger partial charge in [0.25, 0.3) is 0 Å². The maximum Gasteiger partial charge on any atom is 0.246 e. The number of carbonyl (C=O) groups excluding carboxylic acids is 2. The van der Waals surface area contributed by atoms with Crippen LogP contribution in [-0.4, -0.2) is 30.6 Å². The minimum atomic E-state index is -0.331. The van der Waals surface area contributed by atoms with Crippen LogP contribution in [0.2, 0.25) is 0 Å². The summed E-state index contributed by atoms with van der Waals surface area (Å²) in [6.45, 7) is 0.274. The number of rotatable bonds is 4. The van der Waals surface area contributed by atoms with E-state index in [1.165, 1.54) is 0 Å². The van der Waals surface area contributed by atoms with Gasteiger partial charge < -0.3 is 10.6 Å². The van der Waals surface area contributed by atoms with Crippen molar-refractivity contribution in [1.82, 2.24) is 10.8 Å². The average molecular weight is 277 g/mol. The molecule has 1 aliphatic carbocycles. The molecule has 0 fully saturated rings. The summed E-state index contributed by atoms with van der Waals surface area (Å²) in [5.41, 5.74) is 4.73. The van der Waals surface area contributed by atoms with E-state index >= 15 is 0 Å². The molecule has 0 bridgehead atoms. The van der Waals surface area contributed by atoms with Gasteiger partial charge in [-0.25, -0.2) is 5.48 Å². The Morgan fingerprint density at radius 2 is 2.15 bits per heavy atom. The summed E-state index contributed by atoms with van der Waals surface area (Å²) in [5, 5.41) is 14.3. The van der Waals surface area contributed by atoms with Crippen molar-refractivity contribution in [3.8, 4) is 0 Å². The molecule has 4 N–H and O–H groups in total. The van der Waals surface area contributed by atoms with Gasteiger partial charge >= 0.3 is 0 Å². The SMILES string of the molecule is CNCC(=O)Nc1ccc2c(c1)CCC(C(=O)NO)C2. The molecule has 1 unspecified atom stereocenters. The molecule has 108 valence electrons. The fourth-order valence-electron chi connectivity index (χ4n) is 2.51. The molecule has 0 aromatic heterocycles. The van der Waals surface area contributed by atoms with Crippen molar-refractivity contribution in [1.29, 1.82) is 0 Å². The fourth-order valence-corrected chi connectivity index (χ4v) is 2.51. The molecule has 0 radical (unpaired) electrons. The molecule has 0 saturated heterocycles. The Balaban J connectivity index is 2.07. The zero-order valence-corrected chi connectivity index (χ0v) is 11.4. The van der Waals surface area contributed by atoms with E-state index in [0.29, 0.717) is 12.8 Å². The molecule has 2 rings (SSSR count). The second-order valence-electron chi connectivity index (χ2n) is 4.98. The second-order valence-corrected chi connectivity index (χ2v) is 4.98. The van der Waals surface area contributed by atoms with Crippen molar-refractivity contribution in [3.63, 3.8) is 0 Å². The number of likely N-dealkylation sites (N-methyl/N-ethyl adjacent to an activating group) is 1. The maximum absolute atomic E-state index is 11.5. The van der Waals surface area contributed by atoms with Crippen molar-refractivity contribution in [2.45, 2.75) is 19.3 Å². The van der Waals surface area contributed by atoms with E-state index < -0.39 is 0 Å². The monoisotopic (exact) mass is 277 g/mol. The fraction of sp³-hybridized carbons (Fsp3) is 0.429. The highest BCUT2D eigenvalue weighted by Crippen LogP contribution is 2.28. The minimum absolute atomic E-state index is 0.0826. The highest BCUT2D eigenvalue weighted by molar-refractivity contribution is 5.92. The number of amides is 2. The van der Waals surface area contributed by atoms with Crippen LogP contribution in [0, 0.1) is 5.92 Å². The van der Waals surface area contributed by atoms with Crippen molar-refractivity contribution in [3.05, 3.63) is 29.3 Å². The van der Waals surface area contributed by atoms with Gasteiger partial charge in [-0.3, -0.25) is 14.8 Å². The lowest BCUT2D eigenvalue weighted by Gasteiger charge is -2.23. The van der Waals surface area contributed by atoms with Crippen molar-refractivity contribution >= 4 is 17.5 Å². The quantitative estimate of drug-likeness (QED) is 0.475. The zero-order valence-electron chi connectivity index (χ0n) is 11.4. The normalized spacial score (nSPS) is 17.2. The lowest BCUT2D eigenvalue weighted by molar-refractivity contribution is -0.133. The Labute approximate surface area is 117 Å². The molecule has 2 amide bonds. The summed E-state index contributed by atoms with van der Waals surface area (Å²) >= 11 is 0. The number of fused-ring (bicyclic) bond motifs is 1. The summed E-state index contributed by atoms with van der Waals surface area (Å²) in [4.78, 5) is 22.9. The molecule has 6 nitrogen and oxygen atoms in total. The molecule has 0 saturated carbocycles. The smallest absolute Gasteiger partial charge is 0.246 e. The van der Waals surface area contributed by atoms with Gasteiger partial charge in [0.05, 0.1) is 6.54 Å². The first kappa shape index (κ1) is 14.5. The van der Waals surface area contributed by atoms with Crippen LogP contribution < -0.4 is 16.1 Å². The van der Waals surface area contributed by atoms with E-state index in [1.807, 2.05) is 18.2 Å². The van der Waals surface area contributed by atoms with Crippen LogP contribution in [0.1, 0.15) is 17.5 Å². The van der Waals surface area contributed by atoms with Crippen LogP contribution in [0.3, 0.4) is 0 Å². The topological polar surface area (TPSA) is 90.5 Å². The molecule has 1 atom stereocenters. The summed E-state index contributed by atoms with van der Waals surface area (Å²) < 4.78 is 0. The van der Waals surface area contributed by atoms with Crippen molar-refractivity contribution in [2.24, 2.45) is 5.92 Å². The largest absolute Gasteiger partial charge is 0.325 e. The molecule has 1 aromatic rings. The van der Waals surface area contributed by atoms with Gasteiger partial charge in [-0.05, 0) is 49.6 Å². The standard InChI is InChI=1S/C14H19N3O3/c1-15-8-13(18)16-12-5-4-9-6-11(14(19)17-20)3-2-10(9)7-12/h4-5,7,11,15,20H,2-3,6,8H2,1H3,(H,16,18)(H,17,19). The highest BCUT2D eigenvalue weighted by atomic mass is 16.5. The van der Waals surface area contributed by atoms with Crippen LogP contribution in [0.5, 0.6) is 0 Å². The molecular weight excluding hydrogens is 258 g/mol. The molecule has 6 heteroatoms. The first-order valence-electron chi connectivity index (χ1n) is 6.64. The Kier molecular flexibility index (Phi) is 4.70. The molecule has 0 spiro atoms. The van der Waals surface area contributed by atoms with E-state index in [-0.39, 0.29) is 24.3 Å². The third kappa shape index (κ3) is 3.34. The van der Waals surface area contributed by atoms with Gasteiger partial charge in [0.1, 0.15) is 0 Å². The first-order chi connectivity index (χ1) is 9.63. The van der Waals surface area contributed by atoms with Gasteiger partial charge in [-0.1, -0.05) is 6.07 Å². The van der Waals surface area contributed by atoms with E-state index in [4.69, 9.17) is 5.21 Å². The van der Waals surface area contributed by atoms with Gasteiger partial charge in [0.15, 0.2) is 0 Å². The molecule has 0 aliphatic heterocycles. The van der Waals surface area contributed by atoms with E-state index in [0.717, 1.165) is 23.2 Å². The number of hydroxylamine groups is 1. The third-order valence-corrected chi connectivity index (χ3v) is 3.54. The number of anilines is 1. The second kappa shape index (κ2) is 6.49. The number of nitrogens with one attached hydrogen (secondary N) is 3. The van der Waals surface area contributed by atoms with Crippen LogP contribution in [0.15, 0.2) is 18.2 Å². The van der Waals surface area contributed by atoms with Gasteiger partial charge in [0, 0.05) is 11.6 Å². The van der Waals surface area contributed by atoms with Crippen LogP contribution in [0.25, 0.3) is 0 Å². The number of hydrogen-bond donors (Lipinski definition) is 4.